The molecule has 2 aromatic carbocycles. The average Bonchev–Trinajstić information content (AvgIpc) is 3.28. The van der Waals surface area contributed by atoms with Crippen LogP contribution in [0.3, 0.4) is 0 Å². The third kappa shape index (κ3) is 4.13. The SMILES string of the molecule is COc1ccc2c3c1O[C@H]1C(OC(=O)[C@@H](O)c4ccccc4)=CC[C@]4(O)C(C2)N(C)CC[C@]314.O=C(O)C(F)(F)F. The number of likely N-dealkylation sites (N-methyl/N-ethyl adjacent to an activating group) is 1. The van der Waals surface area contributed by atoms with Gasteiger partial charge >= 0.3 is 18.1 Å². The summed E-state index contributed by atoms with van der Waals surface area (Å²) in [6.45, 7) is 0.788. The molecule has 2 aromatic rings. The summed E-state index contributed by atoms with van der Waals surface area (Å²) >= 11 is 0. The fourth-order valence-corrected chi connectivity index (χ4v) is 6.53. The van der Waals surface area contributed by atoms with Gasteiger partial charge in [-0.3, -0.25) is 0 Å². The van der Waals surface area contributed by atoms with Crippen molar-refractivity contribution in [1.29, 1.82) is 0 Å². The van der Waals surface area contributed by atoms with Gasteiger partial charge in [0.2, 0.25) is 0 Å². The lowest BCUT2D eigenvalue weighted by atomic mass is 9.50. The van der Waals surface area contributed by atoms with Crippen LogP contribution in [0.1, 0.15) is 35.6 Å². The van der Waals surface area contributed by atoms with Crippen LogP contribution >= 0.6 is 0 Å². The average molecular weight is 564 g/mol. The zero-order valence-corrected chi connectivity index (χ0v) is 21.6. The normalized spacial score (nSPS) is 28.6. The van der Waals surface area contributed by atoms with Crippen molar-refractivity contribution in [3.8, 4) is 11.5 Å². The molecular formula is C28H28F3NO8. The maximum Gasteiger partial charge on any atom is 0.490 e. The second-order valence-corrected chi connectivity index (χ2v) is 10.3. The predicted octanol–water partition coefficient (Wildman–Crippen LogP) is 2.88. The van der Waals surface area contributed by atoms with Crippen molar-refractivity contribution in [3.05, 3.63) is 71.0 Å². The Morgan fingerprint density at radius 3 is 2.48 bits per heavy atom. The number of aliphatic hydroxyl groups excluding tert-OH is 1. The van der Waals surface area contributed by atoms with Crippen LogP contribution in [0.15, 0.2) is 54.3 Å². The summed E-state index contributed by atoms with van der Waals surface area (Å²) < 4.78 is 49.6. The Balaban J connectivity index is 0.000000411. The molecule has 6 rings (SSSR count). The van der Waals surface area contributed by atoms with Crippen LogP contribution in [0.5, 0.6) is 11.5 Å². The molecule has 1 unspecified atom stereocenters. The first kappa shape index (κ1) is 27.9. The molecule has 1 fully saturated rings. The van der Waals surface area contributed by atoms with Crippen LogP contribution in [-0.2, 0) is 26.2 Å². The van der Waals surface area contributed by atoms with Gasteiger partial charge in [-0.25, -0.2) is 9.59 Å². The van der Waals surface area contributed by atoms with E-state index in [2.05, 4.69) is 11.0 Å². The third-order valence-electron chi connectivity index (χ3n) is 8.36. The molecule has 2 bridgehead atoms. The number of hydrogen-bond donors (Lipinski definition) is 3. The van der Waals surface area contributed by atoms with Crippen LogP contribution in [0.25, 0.3) is 0 Å². The number of methoxy groups -OCH3 is 1. The molecule has 4 aliphatic rings. The standard InChI is InChI=1S/C26H27NO6.C2HF3O2/c1-27-13-12-25-20-16-8-9-17(31-2)22(20)33-23(25)18(10-11-26(25,30)19(27)14-16)32-24(29)21(28)15-6-4-3-5-7-15;3-2(4,5)1(6)7/h3-10,19,21,23,28,30H,11-14H2,1-2H3;(H,6,7)/t19?,21-,23-,25-,26-;/m0./s1. The number of hydrogen-bond acceptors (Lipinski definition) is 8. The Morgan fingerprint density at radius 2 is 1.85 bits per heavy atom. The monoisotopic (exact) mass is 563 g/mol. The first-order valence-corrected chi connectivity index (χ1v) is 12.6. The molecule has 40 heavy (non-hydrogen) atoms. The number of halogens is 3. The van der Waals surface area contributed by atoms with E-state index < -0.39 is 41.3 Å². The summed E-state index contributed by atoms with van der Waals surface area (Å²) in [6, 6.07) is 12.6. The smallest absolute Gasteiger partial charge is 0.490 e. The molecule has 0 amide bonds. The fourth-order valence-electron chi connectivity index (χ4n) is 6.53. The lowest BCUT2D eigenvalue weighted by molar-refractivity contribution is -0.192. The fraction of sp³-hybridized carbons (Fsp3) is 0.429. The lowest BCUT2D eigenvalue weighted by Gasteiger charge is -2.61. The van der Waals surface area contributed by atoms with E-state index in [1.165, 1.54) is 0 Å². The van der Waals surface area contributed by atoms with E-state index in [1.807, 2.05) is 19.2 Å². The van der Waals surface area contributed by atoms with Crippen molar-refractivity contribution in [1.82, 2.24) is 4.90 Å². The van der Waals surface area contributed by atoms with Gasteiger partial charge < -0.3 is 34.4 Å². The maximum absolute atomic E-state index is 12.9. The second kappa shape index (κ2) is 9.79. The number of benzene rings is 2. The van der Waals surface area contributed by atoms with E-state index in [9.17, 15) is 28.2 Å². The van der Waals surface area contributed by atoms with Crippen molar-refractivity contribution in [3.63, 3.8) is 0 Å². The zero-order valence-electron chi connectivity index (χ0n) is 21.6. The maximum atomic E-state index is 12.9. The number of piperidine rings is 1. The van der Waals surface area contributed by atoms with E-state index in [0.29, 0.717) is 42.1 Å². The number of esters is 1. The van der Waals surface area contributed by atoms with Gasteiger partial charge in [0.05, 0.1) is 18.1 Å². The topological polar surface area (TPSA) is 126 Å². The molecule has 1 spiro atoms. The Morgan fingerprint density at radius 1 is 1.18 bits per heavy atom. The van der Waals surface area contributed by atoms with Crippen LogP contribution in [-0.4, -0.2) is 76.8 Å². The van der Waals surface area contributed by atoms with Crippen LogP contribution in [0.2, 0.25) is 0 Å². The molecule has 214 valence electrons. The number of aliphatic hydroxyl groups is 2. The van der Waals surface area contributed by atoms with E-state index in [0.717, 1.165) is 17.7 Å². The highest BCUT2D eigenvalue weighted by molar-refractivity contribution is 5.78. The number of carboxylic acid groups (broad SMARTS) is 1. The van der Waals surface area contributed by atoms with E-state index in [4.69, 9.17) is 24.1 Å². The van der Waals surface area contributed by atoms with Crippen LogP contribution in [0.4, 0.5) is 13.2 Å². The van der Waals surface area contributed by atoms with Gasteiger partial charge in [0.25, 0.3) is 0 Å². The van der Waals surface area contributed by atoms with Gasteiger partial charge in [-0.15, -0.1) is 0 Å². The molecule has 0 saturated carbocycles. The quantitative estimate of drug-likeness (QED) is 0.482. The molecule has 2 aliphatic heterocycles. The first-order valence-electron chi connectivity index (χ1n) is 12.6. The zero-order chi connectivity index (χ0) is 29.0. The molecule has 0 aromatic heterocycles. The van der Waals surface area contributed by atoms with Crippen molar-refractivity contribution < 1.29 is 52.3 Å². The summed E-state index contributed by atoms with van der Waals surface area (Å²) in [5.74, 6) is -1.95. The van der Waals surface area contributed by atoms with Gasteiger partial charge in [0, 0.05) is 18.0 Å². The van der Waals surface area contributed by atoms with Crippen molar-refractivity contribution in [2.24, 2.45) is 0 Å². The number of carbonyl (C=O) groups is 2. The van der Waals surface area contributed by atoms with Crippen molar-refractivity contribution >= 4 is 11.9 Å². The number of nitrogens with zero attached hydrogens (tertiary/aromatic N) is 1. The van der Waals surface area contributed by atoms with E-state index in [-0.39, 0.29) is 6.04 Å². The minimum atomic E-state index is -5.08. The van der Waals surface area contributed by atoms with E-state index in [1.54, 1.807) is 37.5 Å². The van der Waals surface area contributed by atoms with Gasteiger partial charge in [-0.05, 0) is 49.7 Å². The molecule has 9 nitrogen and oxygen atoms in total. The predicted molar refractivity (Wildman–Crippen MR) is 133 cm³/mol. The molecular weight excluding hydrogens is 535 g/mol. The van der Waals surface area contributed by atoms with E-state index >= 15 is 0 Å². The number of alkyl halides is 3. The second-order valence-electron chi connectivity index (χ2n) is 10.3. The summed E-state index contributed by atoms with van der Waals surface area (Å²) in [4.78, 5) is 24.0. The molecule has 1 saturated heterocycles. The van der Waals surface area contributed by atoms with Crippen molar-refractivity contribution in [2.75, 3.05) is 20.7 Å². The third-order valence-corrected chi connectivity index (χ3v) is 8.36. The molecule has 0 radical (unpaired) electrons. The lowest BCUT2D eigenvalue weighted by Crippen LogP contribution is -2.74. The number of ether oxygens (including phenoxy) is 3. The Bertz CT molecular complexity index is 1360. The summed E-state index contributed by atoms with van der Waals surface area (Å²) in [7, 11) is 3.64. The van der Waals surface area contributed by atoms with Crippen LogP contribution < -0.4 is 9.47 Å². The number of carboxylic acids is 1. The van der Waals surface area contributed by atoms with Gasteiger partial charge in [0.1, 0.15) is 5.76 Å². The highest BCUT2D eigenvalue weighted by atomic mass is 19.4. The summed E-state index contributed by atoms with van der Waals surface area (Å²) in [5, 5.41) is 29.9. The molecule has 5 atom stereocenters. The Hall–Kier alpha value is -3.61. The number of rotatable bonds is 4. The molecule has 3 N–H and O–H groups in total. The highest BCUT2D eigenvalue weighted by Gasteiger charge is 2.72. The van der Waals surface area contributed by atoms with Gasteiger partial charge in [0.15, 0.2) is 23.7 Å². The summed E-state index contributed by atoms with van der Waals surface area (Å²) in [6.07, 6.45) is -3.70. The molecule has 2 aliphatic carbocycles. The number of carbonyl (C=O) groups excluding carboxylic acids is 1. The molecule has 2 heterocycles. The van der Waals surface area contributed by atoms with Gasteiger partial charge in [-0.2, -0.15) is 13.2 Å². The minimum absolute atomic E-state index is 0.0763. The first-order chi connectivity index (χ1) is 18.8. The van der Waals surface area contributed by atoms with Gasteiger partial charge in [-0.1, -0.05) is 36.4 Å². The summed E-state index contributed by atoms with van der Waals surface area (Å²) in [5.41, 5.74) is 0.757. The van der Waals surface area contributed by atoms with Crippen molar-refractivity contribution in [2.45, 2.75) is 54.7 Å². The Kier molecular flexibility index (Phi) is 6.84. The minimum Gasteiger partial charge on any atom is -0.493 e. The highest BCUT2D eigenvalue weighted by Crippen LogP contribution is 2.65. The number of likely N-dealkylation sites (tertiary alicyclic amines) is 1. The van der Waals surface area contributed by atoms with Crippen LogP contribution in [0, 0.1) is 0 Å². The number of aliphatic carboxylic acids is 1. The Labute approximate surface area is 227 Å². The largest absolute Gasteiger partial charge is 0.493 e. The molecule has 12 heteroatoms.